The number of methoxy groups -OCH3 is 2. The van der Waals surface area contributed by atoms with Crippen LogP contribution < -0.4 is 10.1 Å². The molecule has 4 nitrogen and oxygen atoms in total. The van der Waals surface area contributed by atoms with Crippen LogP contribution in [-0.4, -0.2) is 24.4 Å². The molecule has 13 heavy (non-hydrogen) atoms. The molecule has 1 aromatic rings. The number of nitrogens with zero attached hydrogens (tertiary/aromatic N) is 1. The third kappa shape index (κ3) is 2.87. The van der Waals surface area contributed by atoms with Crippen molar-refractivity contribution in [1.29, 1.82) is 0 Å². The van der Waals surface area contributed by atoms with Crippen LogP contribution in [0.3, 0.4) is 0 Å². The molecule has 70 valence electrons. The Morgan fingerprint density at radius 1 is 1.46 bits per heavy atom. The summed E-state index contributed by atoms with van der Waals surface area (Å²) in [6.07, 6.45) is 1.62. The van der Waals surface area contributed by atoms with Crippen molar-refractivity contribution in [3.05, 3.63) is 18.3 Å². The zero-order valence-electron chi connectivity index (χ0n) is 7.40. The van der Waals surface area contributed by atoms with Crippen LogP contribution in [0.2, 0.25) is 0 Å². The molecule has 5 heteroatoms. The van der Waals surface area contributed by atoms with Gasteiger partial charge in [-0.05, 0) is 18.3 Å². The second kappa shape index (κ2) is 4.61. The van der Waals surface area contributed by atoms with Gasteiger partial charge in [-0.3, -0.25) is 0 Å². The van der Waals surface area contributed by atoms with Gasteiger partial charge in [0.2, 0.25) is 5.88 Å². The van der Waals surface area contributed by atoms with E-state index in [9.17, 15) is 0 Å². The maximum atomic E-state index is 4.90. The molecule has 0 saturated carbocycles. The number of thiocarbonyl (C=S) groups is 1. The van der Waals surface area contributed by atoms with Gasteiger partial charge in [-0.25, -0.2) is 4.98 Å². The number of hydrogen-bond acceptors (Lipinski definition) is 4. The predicted octanol–water partition coefficient (Wildman–Crippen LogP) is 1.43. The Kier molecular flexibility index (Phi) is 3.45. The second-order valence-corrected chi connectivity index (χ2v) is 2.58. The number of pyridine rings is 1. The SMILES string of the molecule is COC(=S)Nc1ccc(OC)nc1. The summed E-state index contributed by atoms with van der Waals surface area (Å²) in [4.78, 5) is 3.98. The lowest BCUT2D eigenvalue weighted by molar-refractivity contribution is 0.398. The Labute approximate surface area is 81.9 Å². The molecule has 0 fully saturated rings. The third-order valence-electron chi connectivity index (χ3n) is 1.38. The van der Waals surface area contributed by atoms with E-state index in [0.29, 0.717) is 11.1 Å². The summed E-state index contributed by atoms with van der Waals surface area (Å²) in [6, 6.07) is 3.54. The van der Waals surface area contributed by atoms with Crippen molar-refractivity contribution in [2.45, 2.75) is 0 Å². The minimum Gasteiger partial charge on any atom is -0.481 e. The van der Waals surface area contributed by atoms with Crippen LogP contribution in [0.15, 0.2) is 18.3 Å². The number of aromatic nitrogens is 1. The molecule has 0 atom stereocenters. The van der Waals surface area contributed by atoms with Crippen LogP contribution >= 0.6 is 12.2 Å². The van der Waals surface area contributed by atoms with E-state index in [0.717, 1.165) is 5.69 Å². The Balaban J connectivity index is 2.64. The van der Waals surface area contributed by atoms with Gasteiger partial charge in [-0.1, -0.05) is 0 Å². The average Bonchev–Trinajstić information content (AvgIpc) is 2.19. The number of ether oxygens (including phenoxy) is 2. The van der Waals surface area contributed by atoms with E-state index in [2.05, 4.69) is 10.3 Å². The summed E-state index contributed by atoms with van der Waals surface area (Å²) in [5.74, 6) is 0.564. The lowest BCUT2D eigenvalue weighted by atomic mass is 10.4. The lowest BCUT2D eigenvalue weighted by Gasteiger charge is -2.05. The lowest BCUT2D eigenvalue weighted by Crippen LogP contribution is -2.10. The minimum atomic E-state index is 0.312. The predicted molar refractivity (Wildman–Crippen MR) is 54.0 cm³/mol. The molecule has 0 saturated heterocycles. The molecule has 0 aromatic carbocycles. The molecule has 0 bridgehead atoms. The smallest absolute Gasteiger partial charge is 0.260 e. The molecule has 0 aliphatic carbocycles. The first-order valence-electron chi connectivity index (χ1n) is 3.61. The van der Waals surface area contributed by atoms with Gasteiger partial charge >= 0.3 is 0 Å². The molecule has 0 radical (unpaired) electrons. The van der Waals surface area contributed by atoms with E-state index < -0.39 is 0 Å². The highest BCUT2D eigenvalue weighted by Gasteiger charge is 1.97. The number of nitrogens with one attached hydrogen (secondary N) is 1. The Bertz CT molecular complexity index is 287. The summed E-state index contributed by atoms with van der Waals surface area (Å²) in [5.41, 5.74) is 0.771. The van der Waals surface area contributed by atoms with Gasteiger partial charge < -0.3 is 14.8 Å². The molecule has 1 heterocycles. The first-order valence-corrected chi connectivity index (χ1v) is 4.02. The van der Waals surface area contributed by atoms with E-state index >= 15 is 0 Å². The molecule has 0 spiro atoms. The van der Waals surface area contributed by atoms with Crippen LogP contribution in [0.5, 0.6) is 5.88 Å². The van der Waals surface area contributed by atoms with Crippen molar-refractivity contribution in [2.24, 2.45) is 0 Å². The molecule has 0 aliphatic rings. The van der Waals surface area contributed by atoms with E-state index in [4.69, 9.17) is 21.7 Å². The van der Waals surface area contributed by atoms with Gasteiger partial charge in [0.05, 0.1) is 26.1 Å². The maximum absolute atomic E-state index is 4.90. The van der Waals surface area contributed by atoms with Gasteiger partial charge in [0.1, 0.15) is 0 Å². The Morgan fingerprint density at radius 2 is 2.23 bits per heavy atom. The monoisotopic (exact) mass is 198 g/mol. The summed E-state index contributed by atoms with van der Waals surface area (Å²) in [7, 11) is 3.07. The molecular weight excluding hydrogens is 188 g/mol. The van der Waals surface area contributed by atoms with Crippen molar-refractivity contribution < 1.29 is 9.47 Å². The molecule has 1 aromatic heterocycles. The van der Waals surface area contributed by atoms with Crippen molar-refractivity contribution in [1.82, 2.24) is 4.98 Å². The number of rotatable bonds is 2. The van der Waals surface area contributed by atoms with E-state index in [1.54, 1.807) is 25.4 Å². The average molecular weight is 198 g/mol. The van der Waals surface area contributed by atoms with Gasteiger partial charge in [0.15, 0.2) is 0 Å². The zero-order valence-corrected chi connectivity index (χ0v) is 8.22. The van der Waals surface area contributed by atoms with Crippen LogP contribution in [-0.2, 0) is 4.74 Å². The summed E-state index contributed by atoms with van der Waals surface area (Å²) in [5, 5.41) is 3.15. The van der Waals surface area contributed by atoms with Crippen molar-refractivity contribution >= 4 is 23.1 Å². The first-order chi connectivity index (χ1) is 6.26. The molecule has 1 N–H and O–H groups in total. The Hall–Kier alpha value is -1.36. The Morgan fingerprint density at radius 3 is 2.69 bits per heavy atom. The van der Waals surface area contributed by atoms with Crippen molar-refractivity contribution in [2.75, 3.05) is 19.5 Å². The summed E-state index contributed by atoms with van der Waals surface area (Å²) < 4.78 is 9.67. The summed E-state index contributed by atoms with van der Waals surface area (Å²) >= 11 is 4.81. The fourth-order valence-electron chi connectivity index (χ4n) is 0.744. The maximum Gasteiger partial charge on any atom is 0.260 e. The van der Waals surface area contributed by atoms with Gasteiger partial charge in [0, 0.05) is 6.07 Å². The van der Waals surface area contributed by atoms with Crippen LogP contribution in [0.4, 0.5) is 5.69 Å². The van der Waals surface area contributed by atoms with E-state index in [-0.39, 0.29) is 0 Å². The fraction of sp³-hybridized carbons (Fsp3) is 0.250. The third-order valence-corrected chi connectivity index (χ3v) is 1.65. The van der Waals surface area contributed by atoms with Crippen LogP contribution in [0, 0.1) is 0 Å². The number of anilines is 1. The molecule has 0 unspecified atom stereocenters. The molecule has 0 amide bonds. The standard InChI is InChI=1S/C8H10N2O2S/c1-11-7-4-3-6(5-9-7)10-8(13)12-2/h3-5H,1-2H3,(H,10,13). The highest BCUT2D eigenvalue weighted by molar-refractivity contribution is 7.80. The first kappa shape index (κ1) is 9.73. The summed E-state index contributed by atoms with van der Waals surface area (Å²) in [6.45, 7) is 0. The van der Waals surface area contributed by atoms with Crippen LogP contribution in [0.25, 0.3) is 0 Å². The van der Waals surface area contributed by atoms with E-state index in [1.807, 2.05) is 0 Å². The van der Waals surface area contributed by atoms with Gasteiger partial charge in [0.25, 0.3) is 5.17 Å². The van der Waals surface area contributed by atoms with Crippen LogP contribution in [0.1, 0.15) is 0 Å². The zero-order chi connectivity index (χ0) is 9.68. The molecule has 1 rings (SSSR count). The molecular formula is C8H10N2O2S. The minimum absolute atomic E-state index is 0.312. The van der Waals surface area contributed by atoms with E-state index in [1.165, 1.54) is 7.11 Å². The topological polar surface area (TPSA) is 43.4 Å². The second-order valence-electron chi connectivity index (χ2n) is 2.21. The van der Waals surface area contributed by atoms with Gasteiger partial charge in [-0.15, -0.1) is 0 Å². The largest absolute Gasteiger partial charge is 0.481 e. The fourth-order valence-corrected chi connectivity index (χ4v) is 0.862. The molecule has 0 aliphatic heterocycles. The van der Waals surface area contributed by atoms with Crippen molar-refractivity contribution in [3.8, 4) is 5.88 Å². The normalized spacial score (nSPS) is 9.08. The highest BCUT2D eigenvalue weighted by Crippen LogP contribution is 2.10. The highest BCUT2D eigenvalue weighted by atomic mass is 32.1. The van der Waals surface area contributed by atoms with Crippen molar-refractivity contribution in [3.63, 3.8) is 0 Å². The van der Waals surface area contributed by atoms with Gasteiger partial charge in [-0.2, -0.15) is 0 Å². The number of hydrogen-bond donors (Lipinski definition) is 1. The quantitative estimate of drug-likeness (QED) is 0.728.